The molecule has 1 fully saturated rings. The minimum Gasteiger partial charge on any atom is -0.356 e. The topological polar surface area (TPSA) is 37.3 Å². The van der Waals surface area contributed by atoms with Crippen LogP contribution in [-0.2, 0) is 24.3 Å². The van der Waals surface area contributed by atoms with Crippen LogP contribution in [0.5, 0.6) is 0 Å². The van der Waals surface area contributed by atoms with Gasteiger partial charge in [0.2, 0.25) is 5.91 Å². The second-order valence-electron chi connectivity index (χ2n) is 9.34. The summed E-state index contributed by atoms with van der Waals surface area (Å²) in [5.74, 6) is 0.343. The quantitative estimate of drug-likeness (QED) is 0.397. The highest BCUT2D eigenvalue weighted by atomic mass is 16.1. The van der Waals surface area contributed by atoms with Gasteiger partial charge in [-0.15, -0.1) is 0 Å². The van der Waals surface area contributed by atoms with Crippen LogP contribution in [0.3, 0.4) is 0 Å². The van der Waals surface area contributed by atoms with Crippen LogP contribution in [0.2, 0.25) is 0 Å². The van der Waals surface area contributed by atoms with E-state index >= 15 is 0 Å². The summed E-state index contributed by atoms with van der Waals surface area (Å²) in [6.07, 6.45) is 2.74. The lowest BCUT2D eigenvalue weighted by molar-refractivity contribution is -0.126. The summed E-state index contributed by atoms with van der Waals surface area (Å²) in [5.41, 5.74) is 5.21. The van der Waals surface area contributed by atoms with Gasteiger partial charge in [0.05, 0.1) is 0 Å². The maximum atomic E-state index is 12.7. The molecular weight excluding hydrogens is 418 g/mol. The van der Waals surface area contributed by atoms with Crippen molar-refractivity contribution >= 4 is 16.8 Å². The van der Waals surface area contributed by atoms with E-state index < -0.39 is 0 Å². The highest BCUT2D eigenvalue weighted by Gasteiger charge is 2.25. The summed E-state index contributed by atoms with van der Waals surface area (Å²) in [4.78, 5) is 15.2. The van der Waals surface area contributed by atoms with E-state index in [-0.39, 0.29) is 11.8 Å². The number of carbonyl (C=O) groups excluding carboxylic acids is 1. The lowest BCUT2D eigenvalue weighted by Gasteiger charge is -2.31. The number of hydrogen-bond donors (Lipinski definition) is 1. The zero-order chi connectivity index (χ0) is 23.2. The van der Waals surface area contributed by atoms with E-state index in [1.807, 2.05) is 18.2 Å². The van der Waals surface area contributed by atoms with E-state index in [4.69, 9.17) is 0 Å². The molecule has 0 spiro atoms. The number of carbonyl (C=O) groups is 1. The van der Waals surface area contributed by atoms with Gasteiger partial charge in [-0.2, -0.15) is 0 Å². The van der Waals surface area contributed by atoms with Crippen LogP contribution in [0.25, 0.3) is 10.9 Å². The molecule has 0 radical (unpaired) electrons. The molecule has 1 amide bonds. The number of nitrogens with one attached hydrogen (secondary N) is 1. The number of fused-ring (bicyclic) bond motifs is 1. The van der Waals surface area contributed by atoms with Crippen molar-refractivity contribution < 1.29 is 4.79 Å². The van der Waals surface area contributed by atoms with Crippen molar-refractivity contribution in [2.45, 2.75) is 32.4 Å². The monoisotopic (exact) mass is 451 g/mol. The van der Waals surface area contributed by atoms with Gasteiger partial charge in [-0.3, -0.25) is 9.69 Å². The van der Waals surface area contributed by atoms with Crippen molar-refractivity contribution in [2.24, 2.45) is 5.92 Å². The molecule has 4 aromatic rings. The summed E-state index contributed by atoms with van der Waals surface area (Å²) in [6.45, 7) is 4.43. The molecule has 2 heterocycles. The van der Waals surface area contributed by atoms with Crippen LogP contribution in [-0.4, -0.2) is 35.0 Å². The van der Waals surface area contributed by atoms with Crippen molar-refractivity contribution in [3.05, 3.63) is 108 Å². The second-order valence-corrected chi connectivity index (χ2v) is 9.34. The van der Waals surface area contributed by atoms with Crippen molar-refractivity contribution in [1.29, 1.82) is 0 Å². The van der Waals surface area contributed by atoms with E-state index in [0.717, 1.165) is 45.4 Å². The molecule has 3 aromatic carbocycles. The van der Waals surface area contributed by atoms with E-state index in [1.165, 1.54) is 27.7 Å². The maximum Gasteiger partial charge on any atom is 0.223 e. The van der Waals surface area contributed by atoms with Gasteiger partial charge in [-0.25, -0.2) is 0 Å². The molecule has 1 N–H and O–H groups in total. The second kappa shape index (κ2) is 10.7. The Morgan fingerprint density at radius 1 is 0.794 bits per heavy atom. The maximum absolute atomic E-state index is 12.7. The van der Waals surface area contributed by atoms with Crippen LogP contribution in [0.4, 0.5) is 0 Å². The number of para-hydroxylation sites is 1. The Labute approximate surface area is 202 Å². The average molecular weight is 452 g/mol. The Bertz CT molecular complexity index is 1210. The zero-order valence-electron chi connectivity index (χ0n) is 19.7. The molecule has 1 aliphatic heterocycles. The molecular formula is C30H33N3O. The molecule has 4 nitrogen and oxygen atoms in total. The smallest absolute Gasteiger partial charge is 0.223 e. The number of benzene rings is 3. The summed E-state index contributed by atoms with van der Waals surface area (Å²) < 4.78 is 2.45. The highest BCUT2D eigenvalue weighted by molar-refractivity contribution is 5.81. The Balaban J connectivity index is 1.18. The van der Waals surface area contributed by atoms with Gasteiger partial charge >= 0.3 is 0 Å². The number of likely N-dealkylation sites (tertiary alicyclic amines) is 1. The van der Waals surface area contributed by atoms with E-state index in [1.54, 1.807) is 0 Å². The van der Waals surface area contributed by atoms with E-state index in [9.17, 15) is 4.79 Å². The summed E-state index contributed by atoms with van der Waals surface area (Å²) in [7, 11) is 0. The van der Waals surface area contributed by atoms with Gasteiger partial charge in [0.15, 0.2) is 0 Å². The fraction of sp³-hybridized carbons (Fsp3) is 0.300. The minimum atomic E-state index is 0.127. The third kappa shape index (κ3) is 5.40. The first-order valence-electron chi connectivity index (χ1n) is 12.4. The number of rotatable bonds is 8. The largest absolute Gasteiger partial charge is 0.356 e. The Morgan fingerprint density at radius 3 is 2.18 bits per heavy atom. The molecule has 4 heteroatoms. The van der Waals surface area contributed by atoms with E-state index in [0.29, 0.717) is 6.54 Å². The lowest BCUT2D eigenvalue weighted by atomic mass is 9.95. The van der Waals surface area contributed by atoms with Gasteiger partial charge in [-0.05, 0) is 61.0 Å². The molecule has 174 valence electrons. The third-order valence-electron chi connectivity index (χ3n) is 6.98. The van der Waals surface area contributed by atoms with Crippen molar-refractivity contribution in [3.63, 3.8) is 0 Å². The molecule has 0 saturated carbocycles. The fourth-order valence-corrected chi connectivity index (χ4v) is 5.05. The molecule has 0 aliphatic carbocycles. The first-order chi connectivity index (χ1) is 16.8. The molecule has 1 saturated heterocycles. The Hall–Kier alpha value is -3.37. The van der Waals surface area contributed by atoms with Crippen LogP contribution >= 0.6 is 0 Å². The fourth-order valence-electron chi connectivity index (χ4n) is 5.05. The van der Waals surface area contributed by atoms with E-state index in [2.05, 4.69) is 87.6 Å². The number of hydrogen-bond acceptors (Lipinski definition) is 2. The SMILES string of the molecule is O=C(NCCc1ccccc1)C1CCN(Cc2cc3ccccc3n2Cc2ccccc2)CC1. The number of amides is 1. The lowest BCUT2D eigenvalue weighted by Crippen LogP contribution is -2.40. The summed E-state index contributed by atoms with van der Waals surface area (Å²) in [6, 6.07) is 32.0. The zero-order valence-corrected chi connectivity index (χ0v) is 19.7. The van der Waals surface area contributed by atoms with Crippen molar-refractivity contribution in [1.82, 2.24) is 14.8 Å². The van der Waals surface area contributed by atoms with Crippen molar-refractivity contribution in [2.75, 3.05) is 19.6 Å². The van der Waals surface area contributed by atoms with Gasteiger partial charge < -0.3 is 9.88 Å². The first kappa shape index (κ1) is 22.4. The summed E-state index contributed by atoms with van der Waals surface area (Å²) in [5, 5.41) is 4.45. The number of piperidine rings is 1. The van der Waals surface area contributed by atoms with Crippen LogP contribution in [0.1, 0.15) is 29.7 Å². The normalized spacial score (nSPS) is 14.9. The van der Waals surface area contributed by atoms with Crippen LogP contribution in [0, 0.1) is 5.92 Å². The molecule has 1 aliphatic rings. The van der Waals surface area contributed by atoms with Crippen LogP contribution in [0.15, 0.2) is 91.0 Å². The average Bonchev–Trinajstić information content (AvgIpc) is 3.22. The summed E-state index contributed by atoms with van der Waals surface area (Å²) >= 11 is 0. The third-order valence-corrected chi connectivity index (χ3v) is 6.98. The van der Waals surface area contributed by atoms with Gasteiger partial charge in [0.1, 0.15) is 0 Å². The molecule has 0 atom stereocenters. The Kier molecular flexibility index (Phi) is 7.06. The Morgan fingerprint density at radius 2 is 1.44 bits per heavy atom. The standard InChI is InChI=1S/C30H33N3O/c34-30(31-18-15-24-9-3-1-4-10-24)26-16-19-32(20-17-26)23-28-21-27-13-7-8-14-29(27)33(28)22-25-11-5-2-6-12-25/h1-14,21,26H,15-20,22-23H2,(H,31,34). The predicted molar refractivity (Wildman–Crippen MR) is 139 cm³/mol. The molecule has 1 aromatic heterocycles. The number of aromatic nitrogens is 1. The predicted octanol–water partition coefficient (Wildman–Crippen LogP) is 5.26. The highest BCUT2D eigenvalue weighted by Crippen LogP contribution is 2.25. The van der Waals surface area contributed by atoms with Gasteiger partial charge in [0.25, 0.3) is 0 Å². The van der Waals surface area contributed by atoms with Crippen LogP contribution < -0.4 is 5.32 Å². The number of nitrogens with zero attached hydrogens (tertiary/aromatic N) is 2. The first-order valence-corrected chi connectivity index (χ1v) is 12.4. The minimum absolute atomic E-state index is 0.127. The molecule has 0 bridgehead atoms. The molecule has 0 unspecified atom stereocenters. The molecule has 34 heavy (non-hydrogen) atoms. The van der Waals surface area contributed by atoms with Crippen molar-refractivity contribution in [3.8, 4) is 0 Å². The van der Waals surface area contributed by atoms with Gasteiger partial charge in [0, 0.05) is 36.8 Å². The molecule has 5 rings (SSSR count). The van der Waals surface area contributed by atoms with Gasteiger partial charge in [-0.1, -0.05) is 78.9 Å².